The molecule has 4 aromatic heterocycles. The van der Waals surface area contributed by atoms with Crippen molar-refractivity contribution in [3.63, 3.8) is 0 Å². The monoisotopic (exact) mass is 808 g/mol. The lowest BCUT2D eigenvalue weighted by atomic mass is 10.1. The van der Waals surface area contributed by atoms with Crippen LogP contribution in [-0.2, 0) is 31.0 Å². The first-order valence-electron chi connectivity index (χ1n) is 18.8. The minimum absolute atomic E-state index is 0.119. The maximum Gasteiger partial charge on any atom is 0.308 e. The van der Waals surface area contributed by atoms with Crippen LogP contribution in [0.25, 0.3) is 22.1 Å². The Labute approximate surface area is 337 Å². The van der Waals surface area contributed by atoms with Gasteiger partial charge in [0, 0.05) is 37.3 Å². The fourth-order valence-corrected chi connectivity index (χ4v) is 6.64. The molecule has 20 heteroatoms. The zero-order valence-corrected chi connectivity index (χ0v) is 33.4. The number of fused-ring (bicyclic) bond motifs is 2. The summed E-state index contributed by atoms with van der Waals surface area (Å²) in [6, 6.07) is 9.35. The van der Waals surface area contributed by atoms with Gasteiger partial charge in [-0.2, -0.15) is 10.2 Å². The molecule has 0 aliphatic rings. The number of hydrogen-bond acceptors (Lipinski definition) is 11. The lowest BCUT2D eigenvalue weighted by molar-refractivity contribution is -0.305. The normalized spacial score (nSPS) is 11.4. The summed E-state index contributed by atoms with van der Waals surface area (Å²) >= 11 is 0. The Hall–Kier alpha value is -7.35. The number of benzene rings is 2. The molecule has 0 bridgehead atoms. The first-order valence-corrected chi connectivity index (χ1v) is 18.8. The van der Waals surface area contributed by atoms with Crippen LogP contribution in [0.4, 0.5) is 11.9 Å². The molecule has 0 saturated carbocycles. The molecule has 0 spiro atoms. The van der Waals surface area contributed by atoms with Crippen LogP contribution < -0.4 is 37.3 Å². The van der Waals surface area contributed by atoms with Crippen molar-refractivity contribution in [1.29, 1.82) is 0 Å². The molecule has 308 valence electrons. The van der Waals surface area contributed by atoms with E-state index in [0.29, 0.717) is 70.1 Å². The van der Waals surface area contributed by atoms with Gasteiger partial charge in [-0.1, -0.05) is 12.2 Å². The van der Waals surface area contributed by atoms with Crippen LogP contribution in [-0.4, -0.2) is 81.9 Å². The minimum atomic E-state index is -0.713. The average Bonchev–Trinajstić information content (AvgIpc) is 3.96. The number of nitrogens with zero attached hydrogens (tertiary/aromatic N) is 8. The number of primary amides is 2. The van der Waals surface area contributed by atoms with Gasteiger partial charge in [-0.3, -0.25) is 44.9 Å². The van der Waals surface area contributed by atoms with Gasteiger partial charge in [0.25, 0.3) is 11.8 Å². The maximum absolute atomic E-state index is 13.7. The summed E-state index contributed by atoms with van der Waals surface area (Å²) in [6.45, 7) is 8.62. The number of imidazole rings is 2. The Morgan fingerprint density at radius 1 is 0.729 bits per heavy atom. The molecule has 0 unspecified atom stereocenters. The van der Waals surface area contributed by atoms with Crippen molar-refractivity contribution in [3.8, 4) is 11.5 Å². The van der Waals surface area contributed by atoms with Crippen molar-refractivity contribution < 1.29 is 39.2 Å². The number of methoxy groups -OCH3 is 1. The lowest BCUT2D eigenvalue weighted by Crippen LogP contribution is -2.56. The van der Waals surface area contributed by atoms with Crippen LogP contribution >= 0.6 is 0 Å². The molecule has 0 saturated heterocycles. The van der Waals surface area contributed by atoms with Crippen molar-refractivity contribution in [2.45, 2.75) is 66.7 Å². The average molecular weight is 809 g/mol. The minimum Gasteiger partial charge on any atom is -0.494 e. The third-order valence-corrected chi connectivity index (χ3v) is 9.32. The van der Waals surface area contributed by atoms with E-state index >= 15 is 0 Å². The number of carbonyl (C=O) groups is 5. The number of hydrogen-bond donors (Lipinski definition) is 5. The summed E-state index contributed by atoms with van der Waals surface area (Å²) < 4.78 is 18.4. The van der Waals surface area contributed by atoms with Crippen LogP contribution in [0.2, 0.25) is 0 Å². The highest BCUT2D eigenvalue weighted by molar-refractivity contribution is 6.05. The topological polar surface area (TPSA) is 279 Å². The van der Waals surface area contributed by atoms with Crippen LogP contribution in [0.15, 0.2) is 48.6 Å². The summed E-state index contributed by atoms with van der Waals surface area (Å²) in [5, 5.41) is 14.6. The second-order valence-electron chi connectivity index (χ2n) is 13.6. The Balaban J connectivity index is 1.41. The molecule has 0 aliphatic carbocycles. The number of carbonyl (C=O) groups excluding carboxylic acids is 5. The Kier molecular flexibility index (Phi) is 12.2. The second kappa shape index (κ2) is 17.4. The van der Waals surface area contributed by atoms with E-state index < -0.39 is 23.6 Å². The van der Waals surface area contributed by atoms with Gasteiger partial charge in [0.2, 0.25) is 23.7 Å². The standard InChI is InChI=1S/C39H45N13O7/c1-6-51-27(15-21(3)47-51)36(56)45-38-43-25-17-23(34(41)54)19-29(58-5)32(25)49(38)12-8-9-13-50-33-26(18-24(35(42)55)20-30(33)59-14-10-11-31(40)53)44-39(50)46-37(57)28-16-22(4)48-52(28)7-2/h8-9,15-20H,6-7,10-14H2,1-5H3,(H2,40,53)(H2,41,54)(H2,42,55)(H,43,45,56)(H,44,46,57)/p+1/b9-8+. The third kappa shape index (κ3) is 8.81. The highest BCUT2D eigenvalue weighted by Gasteiger charge is 2.24. The molecule has 6 rings (SSSR count). The third-order valence-electron chi connectivity index (χ3n) is 9.32. The smallest absolute Gasteiger partial charge is 0.308 e. The zero-order chi connectivity index (χ0) is 42.5. The number of quaternary nitrogens is 1. The molecule has 9 N–H and O–H groups in total. The number of aryl methyl sites for hydroxylation is 4. The van der Waals surface area contributed by atoms with Crippen LogP contribution in [0.1, 0.15) is 79.8 Å². The van der Waals surface area contributed by atoms with E-state index in [9.17, 15) is 24.0 Å². The molecule has 20 nitrogen and oxygen atoms in total. The van der Waals surface area contributed by atoms with Crippen LogP contribution in [0.3, 0.4) is 0 Å². The molecule has 2 aromatic carbocycles. The summed E-state index contributed by atoms with van der Waals surface area (Å²) in [5.41, 5.74) is 18.6. The summed E-state index contributed by atoms with van der Waals surface area (Å²) in [6.07, 6.45) is 4.17. The number of nitrogens with one attached hydrogen (secondary N) is 2. The quantitative estimate of drug-likeness (QED) is 0.0621. The SMILES string of the molecule is CCn1nc(C)cc1C(=O)Nc1nc2cc(C(N)=O)cc(OC)c2n1C/C=C/Cn1c(NC(=O)c2cc(C)nn2CC)nc2cc(C(N)=O)cc(OCCCC([NH3+])=O)c21. The van der Waals surface area contributed by atoms with Crippen molar-refractivity contribution in [2.75, 3.05) is 24.4 Å². The molecule has 59 heavy (non-hydrogen) atoms. The predicted octanol–water partition coefficient (Wildman–Crippen LogP) is 2.33. The van der Waals surface area contributed by atoms with E-state index in [1.165, 1.54) is 31.4 Å². The highest BCUT2D eigenvalue weighted by atomic mass is 16.5. The molecular weight excluding hydrogens is 763 g/mol. The fourth-order valence-electron chi connectivity index (χ4n) is 6.64. The Bertz CT molecular complexity index is 2650. The molecule has 0 fully saturated rings. The molecule has 4 heterocycles. The van der Waals surface area contributed by atoms with E-state index in [0.717, 1.165) is 0 Å². The van der Waals surface area contributed by atoms with Crippen LogP contribution in [0, 0.1) is 13.8 Å². The second-order valence-corrected chi connectivity index (χ2v) is 13.6. The van der Waals surface area contributed by atoms with E-state index in [4.69, 9.17) is 25.9 Å². The molecule has 6 aromatic rings. The summed E-state index contributed by atoms with van der Waals surface area (Å²) in [4.78, 5) is 72.8. The van der Waals surface area contributed by atoms with Crippen molar-refractivity contribution in [3.05, 3.63) is 82.5 Å². The van der Waals surface area contributed by atoms with Gasteiger partial charge in [0.05, 0.1) is 42.6 Å². The molecular formula is C39H46N13O7+. The number of amides is 5. The Morgan fingerprint density at radius 3 is 1.61 bits per heavy atom. The van der Waals surface area contributed by atoms with Gasteiger partial charge >= 0.3 is 5.91 Å². The first kappa shape index (κ1) is 41.3. The van der Waals surface area contributed by atoms with Gasteiger partial charge in [-0.15, -0.1) is 0 Å². The van der Waals surface area contributed by atoms with Gasteiger partial charge in [0.15, 0.2) is 0 Å². The number of anilines is 2. The van der Waals surface area contributed by atoms with Gasteiger partial charge in [-0.25, -0.2) is 14.8 Å². The van der Waals surface area contributed by atoms with E-state index in [-0.39, 0.29) is 60.8 Å². The Morgan fingerprint density at radius 2 is 1.19 bits per heavy atom. The predicted molar refractivity (Wildman–Crippen MR) is 216 cm³/mol. The van der Waals surface area contributed by atoms with Crippen LogP contribution in [0.5, 0.6) is 11.5 Å². The zero-order valence-electron chi connectivity index (χ0n) is 33.4. The molecule has 0 atom stereocenters. The lowest BCUT2D eigenvalue weighted by Gasteiger charge is -2.13. The molecule has 0 aliphatic heterocycles. The number of ether oxygens (including phenoxy) is 2. The number of allylic oxidation sites excluding steroid dienone is 2. The van der Waals surface area contributed by atoms with Crippen molar-refractivity contribution >= 4 is 63.5 Å². The van der Waals surface area contributed by atoms with Gasteiger partial charge < -0.3 is 30.1 Å². The number of rotatable bonds is 18. The number of nitrogens with two attached hydrogens (primary N) is 2. The number of aromatic nitrogens is 8. The first-order chi connectivity index (χ1) is 28.2. The molecule has 5 amide bonds. The summed E-state index contributed by atoms with van der Waals surface area (Å²) in [7, 11) is 1.45. The van der Waals surface area contributed by atoms with Gasteiger partial charge in [-0.05, 0) is 70.5 Å². The van der Waals surface area contributed by atoms with Crippen molar-refractivity contribution in [2.24, 2.45) is 11.5 Å². The maximum atomic E-state index is 13.7. The van der Waals surface area contributed by atoms with Crippen molar-refractivity contribution in [1.82, 2.24) is 38.7 Å². The van der Waals surface area contributed by atoms with E-state index in [2.05, 4.69) is 31.5 Å². The van der Waals surface area contributed by atoms with Gasteiger partial charge in [0.1, 0.15) is 33.9 Å². The summed E-state index contributed by atoms with van der Waals surface area (Å²) in [5.74, 6) is -1.70. The highest BCUT2D eigenvalue weighted by Crippen LogP contribution is 2.33. The fraction of sp³-hybridized carbons (Fsp3) is 0.308. The van der Waals surface area contributed by atoms with E-state index in [1.807, 2.05) is 26.0 Å². The molecule has 0 radical (unpaired) electrons. The largest absolute Gasteiger partial charge is 0.494 e. The van der Waals surface area contributed by atoms with E-state index in [1.54, 1.807) is 44.5 Å².